The fourth-order valence-corrected chi connectivity index (χ4v) is 1.25. The van der Waals surface area contributed by atoms with Gasteiger partial charge in [-0.2, -0.15) is 13.2 Å². The van der Waals surface area contributed by atoms with Crippen LogP contribution in [0, 0.1) is 0 Å². The van der Waals surface area contributed by atoms with E-state index in [-0.39, 0.29) is 0 Å². The van der Waals surface area contributed by atoms with Crippen LogP contribution in [-0.4, -0.2) is 11.6 Å². The molecule has 1 aliphatic rings. The van der Waals surface area contributed by atoms with E-state index in [4.69, 9.17) is 0 Å². The SMILES string of the molecule is CC1=CC(C(F)(F)F)=C=P1. The van der Waals surface area contributed by atoms with E-state index in [1.54, 1.807) is 6.92 Å². The molecule has 0 bridgehead atoms. The summed E-state index contributed by atoms with van der Waals surface area (Å²) in [5.41, 5.74) is 1.57. The van der Waals surface area contributed by atoms with Crippen molar-refractivity contribution < 1.29 is 13.2 Å². The van der Waals surface area contributed by atoms with Gasteiger partial charge in [0.2, 0.25) is 0 Å². The van der Waals surface area contributed by atoms with Crippen LogP contribution < -0.4 is 0 Å². The van der Waals surface area contributed by atoms with E-state index in [1.165, 1.54) is 0 Å². The smallest absolute Gasteiger partial charge is 0.165 e. The van der Waals surface area contributed by atoms with Crippen LogP contribution in [0.15, 0.2) is 17.0 Å². The molecule has 0 fully saturated rings. The zero-order valence-electron chi connectivity index (χ0n) is 5.16. The van der Waals surface area contributed by atoms with Crippen LogP contribution in [-0.2, 0) is 0 Å². The topological polar surface area (TPSA) is 0 Å². The van der Waals surface area contributed by atoms with Crippen LogP contribution in [0.25, 0.3) is 0 Å². The van der Waals surface area contributed by atoms with Gasteiger partial charge >= 0.3 is 6.18 Å². The van der Waals surface area contributed by atoms with E-state index >= 15 is 0 Å². The zero-order valence-corrected chi connectivity index (χ0v) is 6.05. The lowest BCUT2D eigenvalue weighted by molar-refractivity contribution is -0.0865. The standard InChI is InChI=1S/C6H4F3P/c1-4-2-5(3-10-4)6(7,8)9/h2H,1H3. The monoisotopic (exact) mass is 164 g/mol. The van der Waals surface area contributed by atoms with Crippen molar-refractivity contribution in [2.45, 2.75) is 13.1 Å². The van der Waals surface area contributed by atoms with Gasteiger partial charge in [-0.3, -0.25) is 0 Å². The summed E-state index contributed by atoms with van der Waals surface area (Å²) in [6, 6.07) is 0. The Morgan fingerprint density at radius 1 is 1.50 bits per heavy atom. The van der Waals surface area contributed by atoms with Crippen LogP contribution >= 0.6 is 8.20 Å². The highest BCUT2D eigenvalue weighted by molar-refractivity contribution is 7.43. The van der Waals surface area contributed by atoms with Gasteiger partial charge in [-0.1, -0.05) is 5.45 Å². The van der Waals surface area contributed by atoms with Gasteiger partial charge in [0.1, 0.15) is 5.57 Å². The van der Waals surface area contributed by atoms with E-state index in [2.05, 4.69) is 5.45 Å². The third-order valence-electron chi connectivity index (χ3n) is 1.01. The third-order valence-corrected chi connectivity index (χ3v) is 1.85. The molecule has 0 aliphatic carbocycles. The first kappa shape index (κ1) is 7.59. The maximum absolute atomic E-state index is 11.8. The quantitative estimate of drug-likeness (QED) is 0.483. The van der Waals surface area contributed by atoms with Gasteiger partial charge < -0.3 is 0 Å². The molecule has 1 rings (SSSR count). The first-order chi connectivity index (χ1) is 4.50. The van der Waals surface area contributed by atoms with Gasteiger partial charge in [0.25, 0.3) is 0 Å². The number of rotatable bonds is 0. The summed E-state index contributed by atoms with van der Waals surface area (Å²) in [7, 11) is 0.538. The van der Waals surface area contributed by atoms with Crippen molar-refractivity contribution in [3.05, 3.63) is 17.0 Å². The molecular weight excluding hydrogens is 160 g/mol. The van der Waals surface area contributed by atoms with Crippen LogP contribution in [0.5, 0.6) is 0 Å². The molecule has 0 aromatic carbocycles. The Labute approximate surface area is 57.8 Å². The Kier molecular flexibility index (Phi) is 1.72. The molecule has 1 aliphatic heterocycles. The lowest BCUT2D eigenvalue weighted by atomic mass is 10.3. The highest BCUT2D eigenvalue weighted by Crippen LogP contribution is 2.31. The van der Waals surface area contributed by atoms with E-state index in [1.807, 2.05) is 0 Å². The van der Waals surface area contributed by atoms with Gasteiger partial charge in [-0.25, -0.2) is 0 Å². The van der Waals surface area contributed by atoms with Gasteiger partial charge in [-0.15, -0.1) is 0 Å². The van der Waals surface area contributed by atoms with Crippen LogP contribution in [0.1, 0.15) is 6.92 Å². The number of halogens is 3. The molecule has 0 radical (unpaired) electrons. The largest absolute Gasteiger partial charge is 0.423 e. The average molecular weight is 164 g/mol. The van der Waals surface area contributed by atoms with Crippen molar-refractivity contribution in [3.8, 4) is 0 Å². The van der Waals surface area contributed by atoms with Gasteiger partial charge in [-0.05, 0) is 26.5 Å². The van der Waals surface area contributed by atoms with Gasteiger partial charge in [0.15, 0.2) is 0 Å². The summed E-state index contributed by atoms with van der Waals surface area (Å²) in [6.07, 6.45) is -3.10. The summed E-state index contributed by atoms with van der Waals surface area (Å²) in [6.45, 7) is 1.65. The predicted octanol–water partition coefficient (Wildman–Crippen LogP) is 2.74. The van der Waals surface area contributed by atoms with Crippen molar-refractivity contribution in [1.82, 2.24) is 0 Å². The summed E-state index contributed by atoms with van der Waals surface area (Å²) in [5, 5.41) is 0.687. The lowest BCUT2D eigenvalue weighted by Gasteiger charge is -2.01. The van der Waals surface area contributed by atoms with Crippen LogP contribution in [0.3, 0.4) is 0 Å². The molecule has 54 valence electrons. The maximum atomic E-state index is 11.8. The van der Waals surface area contributed by atoms with E-state index < -0.39 is 11.7 Å². The molecule has 0 spiro atoms. The summed E-state index contributed by atoms with van der Waals surface area (Å²) < 4.78 is 35.4. The van der Waals surface area contributed by atoms with Crippen LogP contribution in [0.4, 0.5) is 13.2 Å². The molecule has 0 unspecified atom stereocenters. The Bertz CT molecular complexity index is 240. The first-order valence-corrected chi connectivity index (χ1v) is 3.49. The molecule has 4 heteroatoms. The number of hydrogen-bond donors (Lipinski definition) is 0. The number of hydrogen-bond acceptors (Lipinski definition) is 0. The second-order valence-corrected chi connectivity index (χ2v) is 3.07. The third kappa shape index (κ3) is 1.50. The molecular formula is C6H4F3P. The number of allylic oxidation sites excluding steroid dienone is 3. The predicted molar refractivity (Wildman–Crippen MR) is 35.3 cm³/mol. The molecule has 10 heavy (non-hydrogen) atoms. The van der Waals surface area contributed by atoms with Crippen LogP contribution in [0.2, 0.25) is 0 Å². The molecule has 0 amide bonds. The van der Waals surface area contributed by atoms with Gasteiger partial charge in [0, 0.05) is 0 Å². The molecule has 0 saturated heterocycles. The Morgan fingerprint density at radius 2 is 2.10 bits per heavy atom. The highest BCUT2D eigenvalue weighted by atomic mass is 31.1. The van der Waals surface area contributed by atoms with Crippen molar-refractivity contribution in [3.63, 3.8) is 0 Å². The molecule has 0 aromatic rings. The summed E-state index contributed by atoms with van der Waals surface area (Å²) >= 11 is 0. The van der Waals surface area contributed by atoms with E-state index in [0.717, 1.165) is 6.08 Å². The Balaban J connectivity index is 2.91. The maximum Gasteiger partial charge on any atom is 0.423 e. The van der Waals surface area contributed by atoms with E-state index in [0.29, 0.717) is 13.5 Å². The van der Waals surface area contributed by atoms with Gasteiger partial charge in [0.05, 0.1) is 0 Å². The van der Waals surface area contributed by atoms with Crippen molar-refractivity contribution in [1.29, 1.82) is 0 Å². The van der Waals surface area contributed by atoms with Crippen molar-refractivity contribution in [2.75, 3.05) is 0 Å². The second-order valence-electron chi connectivity index (χ2n) is 1.92. The second kappa shape index (κ2) is 2.26. The minimum Gasteiger partial charge on any atom is -0.165 e. The minimum atomic E-state index is -4.22. The zero-order chi connectivity index (χ0) is 7.78. The Hall–Kier alpha value is -0.520. The molecule has 0 aromatic heterocycles. The summed E-state index contributed by atoms with van der Waals surface area (Å²) in [4.78, 5) is 0. The molecule has 0 nitrogen and oxygen atoms in total. The molecule has 0 atom stereocenters. The fourth-order valence-electron chi connectivity index (χ4n) is 0.567. The van der Waals surface area contributed by atoms with E-state index in [9.17, 15) is 13.2 Å². The lowest BCUT2D eigenvalue weighted by Crippen LogP contribution is -2.09. The Morgan fingerprint density at radius 3 is 2.30 bits per heavy atom. The molecule has 1 heterocycles. The highest BCUT2D eigenvalue weighted by Gasteiger charge is 2.33. The summed E-state index contributed by atoms with van der Waals surface area (Å²) in [5.74, 6) is 0. The average Bonchev–Trinajstić information content (AvgIpc) is 2.11. The number of alkyl halides is 3. The molecule has 0 saturated carbocycles. The fraction of sp³-hybridized carbons (Fsp3) is 0.333. The molecule has 0 N–H and O–H groups in total. The minimum absolute atomic E-state index is 0.538. The first-order valence-electron chi connectivity index (χ1n) is 2.59. The van der Waals surface area contributed by atoms with Crippen molar-refractivity contribution in [2.24, 2.45) is 0 Å². The normalized spacial score (nSPS) is 18.8. The van der Waals surface area contributed by atoms with Crippen molar-refractivity contribution >= 4 is 13.7 Å².